The second kappa shape index (κ2) is 6.09. The Morgan fingerprint density at radius 2 is 1.94 bits per heavy atom. The van der Waals surface area contributed by atoms with E-state index in [2.05, 4.69) is 5.32 Å². The number of anilines is 1. The Labute approximate surface area is 106 Å². The molecule has 0 radical (unpaired) electrons. The lowest BCUT2D eigenvalue weighted by Gasteiger charge is -2.27. The standard InChI is InChI=1S/C13H19F3N2/c1-4-18(9-13(14,15)16)12-6-5-10(2)7-11(12)8-17-3/h5-7,17H,4,8-9H2,1-3H3. The fraction of sp³-hybridized carbons (Fsp3) is 0.538. The van der Waals surface area contributed by atoms with Crippen molar-refractivity contribution in [2.75, 3.05) is 25.0 Å². The minimum atomic E-state index is -4.18. The lowest BCUT2D eigenvalue weighted by molar-refractivity contribution is -0.119. The highest BCUT2D eigenvalue weighted by atomic mass is 19.4. The molecule has 1 rings (SSSR count). The van der Waals surface area contributed by atoms with Crippen LogP contribution < -0.4 is 10.2 Å². The molecule has 0 unspecified atom stereocenters. The number of nitrogens with one attached hydrogen (secondary N) is 1. The molecule has 5 heteroatoms. The molecule has 0 saturated heterocycles. The van der Waals surface area contributed by atoms with Gasteiger partial charge < -0.3 is 10.2 Å². The molecule has 1 N–H and O–H groups in total. The summed E-state index contributed by atoms with van der Waals surface area (Å²) >= 11 is 0. The number of benzene rings is 1. The van der Waals surface area contributed by atoms with Gasteiger partial charge in [0.25, 0.3) is 0 Å². The molecule has 0 amide bonds. The van der Waals surface area contributed by atoms with Crippen LogP contribution in [0, 0.1) is 6.92 Å². The predicted octanol–water partition coefficient (Wildman–Crippen LogP) is 3.10. The summed E-state index contributed by atoms with van der Waals surface area (Å²) < 4.78 is 37.6. The van der Waals surface area contributed by atoms with Gasteiger partial charge in [0.15, 0.2) is 0 Å². The van der Waals surface area contributed by atoms with Gasteiger partial charge in [-0.1, -0.05) is 17.7 Å². The van der Waals surface area contributed by atoms with Crippen molar-refractivity contribution in [3.63, 3.8) is 0 Å². The monoisotopic (exact) mass is 260 g/mol. The minimum absolute atomic E-state index is 0.333. The molecule has 0 aliphatic carbocycles. The van der Waals surface area contributed by atoms with Crippen LogP contribution in [0.4, 0.5) is 18.9 Å². The molecule has 102 valence electrons. The van der Waals surface area contributed by atoms with E-state index in [4.69, 9.17) is 0 Å². The summed E-state index contributed by atoms with van der Waals surface area (Å²) in [7, 11) is 1.78. The van der Waals surface area contributed by atoms with Crippen LogP contribution in [0.2, 0.25) is 0 Å². The van der Waals surface area contributed by atoms with E-state index in [1.165, 1.54) is 4.90 Å². The summed E-state index contributed by atoms with van der Waals surface area (Å²) in [6.07, 6.45) is -4.18. The zero-order chi connectivity index (χ0) is 13.8. The second-order valence-corrected chi connectivity index (χ2v) is 4.29. The highest BCUT2D eigenvalue weighted by Crippen LogP contribution is 2.26. The Bertz CT molecular complexity index is 388. The molecule has 0 heterocycles. The van der Waals surface area contributed by atoms with Gasteiger partial charge in [0.05, 0.1) is 0 Å². The maximum atomic E-state index is 12.5. The smallest absolute Gasteiger partial charge is 0.363 e. The first-order valence-electron chi connectivity index (χ1n) is 5.93. The van der Waals surface area contributed by atoms with Crippen molar-refractivity contribution in [1.29, 1.82) is 0 Å². The van der Waals surface area contributed by atoms with Crippen LogP contribution in [0.1, 0.15) is 18.1 Å². The molecule has 2 nitrogen and oxygen atoms in total. The Balaban J connectivity index is 3.04. The average molecular weight is 260 g/mol. The molecule has 0 saturated carbocycles. The first-order chi connectivity index (χ1) is 8.37. The lowest BCUT2D eigenvalue weighted by atomic mass is 10.1. The van der Waals surface area contributed by atoms with Crippen LogP contribution >= 0.6 is 0 Å². The Morgan fingerprint density at radius 3 is 2.44 bits per heavy atom. The van der Waals surface area contributed by atoms with Gasteiger partial charge in [-0.15, -0.1) is 0 Å². The Morgan fingerprint density at radius 1 is 1.28 bits per heavy atom. The molecule has 0 fully saturated rings. The molecule has 0 atom stereocenters. The number of hydrogen-bond donors (Lipinski definition) is 1. The number of rotatable bonds is 5. The van der Waals surface area contributed by atoms with E-state index in [1.807, 2.05) is 19.1 Å². The maximum absolute atomic E-state index is 12.5. The molecule has 1 aromatic carbocycles. The van der Waals surface area contributed by atoms with Crippen molar-refractivity contribution in [3.8, 4) is 0 Å². The number of halogens is 3. The summed E-state index contributed by atoms with van der Waals surface area (Å²) in [5.41, 5.74) is 2.59. The van der Waals surface area contributed by atoms with Gasteiger partial charge in [0.2, 0.25) is 0 Å². The third-order valence-corrected chi connectivity index (χ3v) is 2.69. The summed E-state index contributed by atoms with van der Waals surface area (Å²) in [6, 6.07) is 5.52. The summed E-state index contributed by atoms with van der Waals surface area (Å²) in [5.74, 6) is 0. The summed E-state index contributed by atoms with van der Waals surface area (Å²) in [6.45, 7) is 3.64. The van der Waals surface area contributed by atoms with E-state index in [1.54, 1.807) is 20.0 Å². The minimum Gasteiger partial charge on any atom is -0.363 e. The fourth-order valence-electron chi connectivity index (χ4n) is 1.94. The van der Waals surface area contributed by atoms with E-state index in [-0.39, 0.29) is 0 Å². The Kier molecular flexibility index (Phi) is 5.02. The van der Waals surface area contributed by atoms with Gasteiger partial charge >= 0.3 is 6.18 Å². The predicted molar refractivity (Wildman–Crippen MR) is 67.9 cm³/mol. The molecular weight excluding hydrogens is 241 g/mol. The van der Waals surface area contributed by atoms with Crippen molar-refractivity contribution in [2.45, 2.75) is 26.6 Å². The summed E-state index contributed by atoms with van der Waals surface area (Å²) in [4.78, 5) is 1.35. The maximum Gasteiger partial charge on any atom is 0.405 e. The quantitative estimate of drug-likeness (QED) is 0.875. The number of nitrogens with zero attached hydrogens (tertiary/aromatic N) is 1. The molecule has 18 heavy (non-hydrogen) atoms. The van der Waals surface area contributed by atoms with Crippen molar-refractivity contribution in [1.82, 2.24) is 5.32 Å². The van der Waals surface area contributed by atoms with Gasteiger partial charge in [-0.05, 0) is 32.5 Å². The van der Waals surface area contributed by atoms with E-state index in [0.717, 1.165) is 11.1 Å². The van der Waals surface area contributed by atoms with Crippen molar-refractivity contribution in [2.24, 2.45) is 0 Å². The Hall–Kier alpha value is -1.23. The zero-order valence-corrected chi connectivity index (χ0v) is 10.9. The first-order valence-corrected chi connectivity index (χ1v) is 5.93. The molecular formula is C13H19F3N2. The van der Waals surface area contributed by atoms with Gasteiger partial charge in [0.1, 0.15) is 6.54 Å². The largest absolute Gasteiger partial charge is 0.405 e. The molecule has 0 aromatic heterocycles. The topological polar surface area (TPSA) is 15.3 Å². The van der Waals surface area contributed by atoms with E-state index in [0.29, 0.717) is 18.8 Å². The summed E-state index contributed by atoms with van der Waals surface area (Å²) in [5, 5.41) is 2.99. The van der Waals surface area contributed by atoms with Crippen LogP contribution in [0.3, 0.4) is 0 Å². The van der Waals surface area contributed by atoms with Crippen LogP contribution in [-0.4, -0.2) is 26.3 Å². The van der Waals surface area contributed by atoms with Gasteiger partial charge in [-0.2, -0.15) is 13.2 Å². The van der Waals surface area contributed by atoms with E-state index in [9.17, 15) is 13.2 Å². The second-order valence-electron chi connectivity index (χ2n) is 4.29. The third-order valence-electron chi connectivity index (χ3n) is 2.69. The average Bonchev–Trinajstić information content (AvgIpc) is 2.26. The highest BCUT2D eigenvalue weighted by Gasteiger charge is 2.30. The van der Waals surface area contributed by atoms with Crippen molar-refractivity contribution in [3.05, 3.63) is 29.3 Å². The van der Waals surface area contributed by atoms with Gasteiger partial charge in [-0.25, -0.2) is 0 Å². The third kappa shape index (κ3) is 4.22. The lowest BCUT2D eigenvalue weighted by Crippen LogP contribution is -2.35. The molecule has 0 aliphatic rings. The number of hydrogen-bond acceptors (Lipinski definition) is 2. The molecule has 0 aliphatic heterocycles. The number of aryl methyl sites for hydroxylation is 1. The zero-order valence-electron chi connectivity index (χ0n) is 10.9. The number of alkyl halides is 3. The van der Waals surface area contributed by atoms with Crippen molar-refractivity contribution >= 4 is 5.69 Å². The van der Waals surface area contributed by atoms with Crippen LogP contribution in [0.5, 0.6) is 0 Å². The van der Waals surface area contributed by atoms with E-state index >= 15 is 0 Å². The van der Waals surface area contributed by atoms with E-state index < -0.39 is 12.7 Å². The molecule has 1 aromatic rings. The van der Waals surface area contributed by atoms with Crippen LogP contribution in [0.25, 0.3) is 0 Å². The molecule has 0 spiro atoms. The highest BCUT2D eigenvalue weighted by molar-refractivity contribution is 5.55. The fourth-order valence-corrected chi connectivity index (χ4v) is 1.94. The van der Waals surface area contributed by atoms with Gasteiger partial charge in [0, 0.05) is 18.8 Å². The SMILES string of the molecule is CCN(CC(F)(F)F)c1ccc(C)cc1CNC. The molecule has 0 bridgehead atoms. The first kappa shape index (κ1) is 14.8. The normalized spacial score (nSPS) is 11.7. The van der Waals surface area contributed by atoms with Crippen molar-refractivity contribution < 1.29 is 13.2 Å². The van der Waals surface area contributed by atoms with Gasteiger partial charge in [-0.3, -0.25) is 0 Å². The van der Waals surface area contributed by atoms with Crippen LogP contribution in [-0.2, 0) is 6.54 Å². The van der Waals surface area contributed by atoms with Crippen LogP contribution in [0.15, 0.2) is 18.2 Å².